The van der Waals surface area contributed by atoms with Crippen LogP contribution in [0.3, 0.4) is 0 Å². The third-order valence-corrected chi connectivity index (χ3v) is 2.63. The van der Waals surface area contributed by atoms with Crippen molar-refractivity contribution in [3.63, 3.8) is 0 Å². The van der Waals surface area contributed by atoms with Gasteiger partial charge in [0.2, 0.25) is 0 Å². The Morgan fingerprint density at radius 1 is 1.18 bits per heavy atom. The first-order chi connectivity index (χ1) is 8.15. The summed E-state index contributed by atoms with van der Waals surface area (Å²) in [5, 5.41) is 3.35. The number of hydrogen-bond donors (Lipinski definition) is 1. The van der Waals surface area contributed by atoms with Crippen LogP contribution in [0.4, 0.5) is 11.4 Å². The van der Waals surface area contributed by atoms with Gasteiger partial charge in [0.05, 0.1) is 6.54 Å². The standard InChI is InChI=1S/C14H18N2O/c1-11-7-8-14(17-11)10-15-12-5-4-6-13(9-12)16(2)3/h4-9,15H,10H2,1-3H3. The lowest BCUT2D eigenvalue weighted by molar-refractivity contribution is 0.490. The third kappa shape index (κ3) is 3.03. The second-order valence-electron chi connectivity index (χ2n) is 4.31. The van der Waals surface area contributed by atoms with Gasteiger partial charge in [-0.15, -0.1) is 0 Å². The summed E-state index contributed by atoms with van der Waals surface area (Å²) in [6.07, 6.45) is 0. The molecule has 0 fully saturated rings. The molecule has 2 aromatic rings. The maximum atomic E-state index is 5.51. The molecular weight excluding hydrogens is 212 g/mol. The molecule has 2 rings (SSSR count). The molecular formula is C14H18N2O. The van der Waals surface area contributed by atoms with Gasteiger partial charge in [-0.1, -0.05) is 6.07 Å². The van der Waals surface area contributed by atoms with Crippen molar-refractivity contribution in [3.05, 3.63) is 47.9 Å². The van der Waals surface area contributed by atoms with E-state index in [1.54, 1.807) is 0 Å². The van der Waals surface area contributed by atoms with Crippen molar-refractivity contribution in [3.8, 4) is 0 Å². The van der Waals surface area contributed by atoms with Crippen molar-refractivity contribution >= 4 is 11.4 Å². The number of aryl methyl sites for hydroxylation is 1. The minimum absolute atomic E-state index is 0.713. The Kier molecular flexibility index (Phi) is 3.38. The van der Waals surface area contributed by atoms with Crippen LogP contribution in [0.15, 0.2) is 40.8 Å². The van der Waals surface area contributed by atoms with Crippen molar-refractivity contribution in [2.75, 3.05) is 24.3 Å². The van der Waals surface area contributed by atoms with E-state index in [2.05, 4.69) is 28.4 Å². The molecule has 1 aromatic heterocycles. The smallest absolute Gasteiger partial charge is 0.123 e. The quantitative estimate of drug-likeness (QED) is 0.873. The van der Waals surface area contributed by atoms with Crippen LogP contribution in [0.1, 0.15) is 11.5 Å². The lowest BCUT2D eigenvalue weighted by atomic mass is 10.2. The number of hydrogen-bond acceptors (Lipinski definition) is 3. The summed E-state index contributed by atoms with van der Waals surface area (Å²) in [5.74, 6) is 1.90. The fourth-order valence-corrected chi connectivity index (χ4v) is 1.66. The molecule has 0 unspecified atom stereocenters. The zero-order chi connectivity index (χ0) is 12.3. The molecule has 0 atom stereocenters. The number of nitrogens with one attached hydrogen (secondary N) is 1. The van der Waals surface area contributed by atoms with Crippen molar-refractivity contribution in [2.24, 2.45) is 0 Å². The molecule has 3 nitrogen and oxygen atoms in total. The highest BCUT2D eigenvalue weighted by molar-refractivity contribution is 5.57. The van der Waals surface area contributed by atoms with Gasteiger partial charge in [0.1, 0.15) is 11.5 Å². The molecule has 0 aliphatic carbocycles. The van der Waals surface area contributed by atoms with E-state index in [1.165, 1.54) is 5.69 Å². The lowest BCUT2D eigenvalue weighted by Crippen LogP contribution is -2.09. The van der Waals surface area contributed by atoms with Crippen LogP contribution in [0, 0.1) is 6.92 Å². The first kappa shape index (κ1) is 11.6. The molecule has 3 heteroatoms. The van der Waals surface area contributed by atoms with E-state index in [9.17, 15) is 0 Å². The molecule has 0 saturated heterocycles. The first-order valence-corrected chi connectivity index (χ1v) is 5.72. The average molecular weight is 230 g/mol. The minimum atomic E-state index is 0.713. The number of benzene rings is 1. The molecule has 0 spiro atoms. The molecule has 0 aliphatic rings. The summed E-state index contributed by atoms with van der Waals surface area (Å²) < 4.78 is 5.51. The van der Waals surface area contributed by atoms with E-state index in [1.807, 2.05) is 39.2 Å². The van der Waals surface area contributed by atoms with Crippen LogP contribution in [-0.4, -0.2) is 14.1 Å². The third-order valence-electron chi connectivity index (χ3n) is 2.63. The normalized spacial score (nSPS) is 10.3. The van der Waals surface area contributed by atoms with Crippen LogP contribution in [0.25, 0.3) is 0 Å². The largest absolute Gasteiger partial charge is 0.465 e. The van der Waals surface area contributed by atoms with Gasteiger partial charge in [0, 0.05) is 25.5 Å². The van der Waals surface area contributed by atoms with Gasteiger partial charge < -0.3 is 14.6 Å². The van der Waals surface area contributed by atoms with E-state index >= 15 is 0 Å². The van der Waals surface area contributed by atoms with Gasteiger partial charge in [-0.25, -0.2) is 0 Å². The zero-order valence-electron chi connectivity index (χ0n) is 10.5. The van der Waals surface area contributed by atoms with Crippen LogP contribution in [0.2, 0.25) is 0 Å². The number of furan rings is 1. The van der Waals surface area contributed by atoms with Crippen LogP contribution in [0.5, 0.6) is 0 Å². The molecule has 0 radical (unpaired) electrons. The second kappa shape index (κ2) is 4.95. The van der Waals surface area contributed by atoms with Gasteiger partial charge in [-0.2, -0.15) is 0 Å². The molecule has 0 amide bonds. The Balaban J connectivity index is 2.01. The summed E-state index contributed by atoms with van der Waals surface area (Å²) >= 11 is 0. The maximum absolute atomic E-state index is 5.51. The highest BCUT2D eigenvalue weighted by Crippen LogP contribution is 2.18. The molecule has 1 N–H and O–H groups in total. The van der Waals surface area contributed by atoms with E-state index in [-0.39, 0.29) is 0 Å². The second-order valence-corrected chi connectivity index (χ2v) is 4.31. The number of anilines is 2. The molecule has 0 aliphatic heterocycles. The van der Waals surface area contributed by atoms with E-state index < -0.39 is 0 Å². The lowest BCUT2D eigenvalue weighted by Gasteiger charge is -2.14. The van der Waals surface area contributed by atoms with Crippen LogP contribution < -0.4 is 10.2 Å². The van der Waals surface area contributed by atoms with Gasteiger partial charge in [0.25, 0.3) is 0 Å². The number of nitrogens with zero attached hydrogens (tertiary/aromatic N) is 1. The zero-order valence-corrected chi connectivity index (χ0v) is 10.5. The molecule has 0 bridgehead atoms. The topological polar surface area (TPSA) is 28.4 Å². The monoisotopic (exact) mass is 230 g/mol. The van der Waals surface area contributed by atoms with Gasteiger partial charge in [-0.3, -0.25) is 0 Å². The summed E-state index contributed by atoms with van der Waals surface area (Å²) in [4.78, 5) is 2.09. The van der Waals surface area contributed by atoms with Crippen LogP contribution >= 0.6 is 0 Å². The highest BCUT2D eigenvalue weighted by atomic mass is 16.3. The summed E-state index contributed by atoms with van der Waals surface area (Å²) in [7, 11) is 4.07. The van der Waals surface area contributed by atoms with Gasteiger partial charge in [0.15, 0.2) is 0 Å². The van der Waals surface area contributed by atoms with E-state index in [0.717, 1.165) is 17.2 Å². The van der Waals surface area contributed by atoms with Crippen molar-refractivity contribution in [2.45, 2.75) is 13.5 Å². The summed E-state index contributed by atoms with van der Waals surface area (Å²) in [6, 6.07) is 12.3. The fourth-order valence-electron chi connectivity index (χ4n) is 1.66. The fraction of sp³-hybridized carbons (Fsp3) is 0.286. The SMILES string of the molecule is Cc1ccc(CNc2cccc(N(C)C)c2)o1. The summed E-state index contributed by atoms with van der Waals surface area (Å²) in [5.41, 5.74) is 2.29. The first-order valence-electron chi connectivity index (χ1n) is 5.72. The Hall–Kier alpha value is -1.90. The Labute approximate surface area is 102 Å². The molecule has 1 heterocycles. The molecule has 0 saturated carbocycles. The predicted molar refractivity (Wildman–Crippen MR) is 71.5 cm³/mol. The Morgan fingerprint density at radius 3 is 2.65 bits per heavy atom. The minimum Gasteiger partial charge on any atom is -0.465 e. The van der Waals surface area contributed by atoms with E-state index in [0.29, 0.717) is 6.54 Å². The van der Waals surface area contributed by atoms with Crippen molar-refractivity contribution in [1.82, 2.24) is 0 Å². The number of rotatable bonds is 4. The van der Waals surface area contributed by atoms with Gasteiger partial charge >= 0.3 is 0 Å². The predicted octanol–water partition coefficient (Wildman–Crippen LogP) is 3.27. The summed E-state index contributed by atoms with van der Waals surface area (Å²) in [6.45, 7) is 2.67. The average Bonchev–Trinajstić information content (AvgIpc) is 2.73. The molecule has 90 valence electrons. The Bertz CT molecular complexity index is 488. The van der Waals surface area contributed by atoms with Crippen LogP contribution in [-0.2, 0) is 6.54 Å². The van der Waals surface area contributed by atoms with Gasteiger partial charge in [-0.05, 0) is 37.3 Å². The van der Waals surface area contributed by atoms with Crippen molar-refractivity contribution in [1.29, 1.82) is 0 Å². The maximum Gasteiger partial charge on any atom is 0.123 e. The molecule has 17 heavy (non-hydrogen) atoms. The van der Waals surface area contributed by atoms with E-state index in [4.69, 9.17) is 4.42 Å². The van der Waals surface area contributed by atoms with Crippen molar-refractivity contribution < 1.29 is 4.42 Å². The highest BCUT2D eigenvalue weighted by Gasteiger charge is 2.00. The molecule has 1 aromatic carbocycles. The Morgan fingerprint density at radius 2 is 2.00 bits per heavy atom.